The standard InChI is InChI=1S/C14H16N2O3S/c1-4-12(17)16-14-15-10-6-5-9(7-11(10)20-14)13(18)19-8(2)3/h5-8H,4H2,1-3H3,(H,15,16,17). The molecule has 0 aliphatic carbocycles. The maximum Gasteiger partial charge on any atom is 0.338 e. The lowest BCUT2D eigenvalue weighted by Gasteiger charge is -2.07. The number of hydrogen-bond acceptors (Lipinski definition) is 5. The molecule has 1 amide bonds. The molecule has 0 bridgehead atoms. The molecule has 20 heavy (non-hydrogen) atoms. The van der Waals surface area contributed by atoms with E-state index < -0.39 is 0 Å². The highest BCUT2D eigenvalue weighted by Crippen LogP contribution is 2.27. The molecule has 5 nitrogen and oxygen atoms in total. The molecular formula is C14H16N2O3S. The molecule has 2 aromatic rings. The van der Waals surface area contributed by atoms with Crippen molar-refractivity contribution in [1.82, 2.24) is 4.98 Å². The number of thiazole rings is 1. The SMILES string of the molecule is CCC(=O)Nc1nc2ccc(C(=O)OC(C)C)cc2s1. The number of anilines is 1. The monoisotopic (exact) mass is 292 g/mol. The number of amides is 1. The Morgan fingerprint density at radius 3 is 2.80 bits per heavy atom. The maximum absolute atomic E-state index is 11.8. The largest absolute Gasteiger partial charge is 0.459 e. The Labute approximate surface area is 121 Å². The zero-order valence-corrected chi connectivity index (χ0v) is 12.4. The molecule has 0 saturated carbocycles. The molecular weight excluding hydrogens is 276 g/mol. The van der Waals surface area contributed by atoms with Crippen molar-refractivity contribution in [3.8, 4) is 0 Å². The molecule has 106 valence electrons. The summed E-state index contributed by atoms with van der Waals surface area (Å²) in [5.74, 6) is -0.432. The lowest BCUT2D eigenvalue weighted by molar-refractivity contribution is -0.115. The molecule has 0 atom stereocenters. The van der Waals surface area contributed by atoms with Gasteiger partial charge >= 0.3 is 5.97 Å². The van der Waals surface area contributed by atoms with Crippen molar-refractivity contribution >= 4 is 38.6 Å². The average Bonchev–Trinajstić information content (AvgIpc) is 2.78. The second-order valence-electron chi connectivity index (χ2n) is 4.56. The minimum Gasteiger partial charge on any atom is -0.459 e. The normalized spacial score (nSPS) is 10.8. The van der Waals surface area contributed by atoms with Gasteiger partial charge in [-0.1, -0.05) is 18.3 Å². The van der Waals surface area contributed by atoms with Crippen LogP contribution in [0.2, 0.25) is 0 Å². The van der Waals surface area contributed by atoms with Crippen LogP contribution < -0.4 is 5.32 Å². The molecule has 0 aliphatic rings. The number of nitrogens with one attached hydrogen (secondary N) is 1. The van der Waals surface area contributed by atoms with Gasteiger partial charge in [0.15, 0.2) is 5.13 Å². The van der Waals surface area contributed by atoms with Crippen LogP contribution in [0.4, 0.5) is 5.13 Å². The Balaban J connectivity index is 2.25. The number of aromatic nitrogens is 1. The summed E-state index contributed by atoms with van der Waals surface area (Å²) in [5.41, 5.74) is 1.24. The van der Waals surface area contributed by atoms with Gasteiger partial charge in [0.05, 0.1) is 21.9 Å². The zero-order chi connectivity index (χ0) is 14.7. The van der Waals surface area contributed by atoms with E-state index in [2.05, 4.69) is 10.3 Å². The molecule has 1 aromatic carbocycles. The Hall–Kier alpha value is -1.95. The van der Waals surface area contributed by atoms with Crippen molar-refractivity contribution in [1.29, 1.82) is 0 Å². The van der Waals surface area contributed by atoms with Gasteiger partial charge in [0.2, 0.25) is 5.91 Å². The van der Waals surface area contributed by atoms with Crippen molar-refractivity contribution in [2.45, 2.75) is 33.3 Å². The zero-order valence-electron chi connectivity index (χ0n) is 11.6. The van der Waals surface area contributed by atoms with Crippen LogP contribution in [0.3, 0.4) is 0 Å². The average molecular weight is 292 g/mol. The lowest BCUT2D eigenvalue weighted by Crippen LogP contribution is -2.11. The lowest BCUT2D eigenvalue weighted by atomic mass is 10.2. The molecule has 1 aromatic heterocycles. The van der Waals surface area contributed by atoms with Crippen LogP contribution in [-0.4, -0.2) is 23.0 Å². The fourth-order valence-electron chi connectivity index (χ4n) is 1.59. The Morgan fingerprint density at radius 2 is 2.15 bits per heavy atom. The van der Waals surface area contributed by atoms with Gasteiger partial charge in [-0.05, 0) is 32.0 Å². The van der Waals surface area contributed by atoms with E-state index >= 15 is 0 Å². The molecule has 0 aliphatic heterocycles. The second-order valence-corrected chi connectivity index (χ2v) is 5.59. The van der Waals surface area contributed by atoms with Crippen LogP contribution in [0.1, 0.15) is 37.6 Å². The smallest absolute Gasteiger partial charge is 0.338 e. The van der Waals surface area contributed by atoms with Gasteiger partial charge in [0, 0.05) is 6.42 Å². The van der Waals surface area contributed by atoms with Crippen LogP contribution in [-0.2, 0) is 9.53 Å². The first kappa shape index (κ1) is 14.5. The molecule has 1 N–H and O–H groups in total. The third kappa shape index (κ3) is 3.33. The second kappa shape index (κ2) is 6.00. The van der Waals surface area contributed by atoms with Crippen molar-refractivity contribution in [3.05, 3.63) is 23.8 Å². The molecule has 0 spiro atoms. The summed E-state index contributed by atoms with van der Waals surface area (Å²) in [4.78, 5) is 27.5. The fraction of sp³-hybridized carbons (Fsp3) is 0.357. The van der Waals surface area contributed by atoms with E-state index in [1.165, 1.54) is 11.3 Å². The predicted molar refractivity (Wildman–Crippen MR) is 79.1 cm³/mol. The van der Waals surface area contributed by atoms with Gasteiger partial charge in [-0.15, -0.1) is 0 Å². The third-order valence-corrected chi connectivity index (χ3v) is 3.47. The van der Waals surface area contributed by atoms with Crippen LogP contribution in [0, 0.1) is 0 Å². The van der Waals surface area contributed by atoms with Crippen molar-refractivity contribution in [2.24, 2.45) is 0 Å². The first-order chi connectivity index (χ1) is 9.49. The number of esters is 1. The molecule has 2 rings (SSSR count). The Kier molecular flexibility index (Phi) is 4.34. The summed E-state index contributed by atoms with van der Waals surface area (Å²) in [6, 6.07) is 5.17. The first-order valence-corrected chi connectivity index (χ1v) is 7.22. The number of carbonyl (C=O) groups excluding carboxylic acids is 2. The number of rotatable bonds is 4. The molecule has 0 fully saturated rings. The van der Waals surface area contributed by atoms with Crippen LogP contribution in [0.15, 0.2) is 18.2 Å². The van der Waals surface area contributed by atoms with Gasteiger partial charge in [-0.2, -0.15) is 0 Å². The molecule has 0 saturated heterocycles. The minimum absolute atomic E-state index is 0.0801. The summed E-state index contributed by atoms with van der Waals surface area (Å²) in [7, 11) is 0. The quantitative estimate of drug-likeness (QED) is 0.879. The molecule has 1 heterocycles. The van der Waals surface area contributed by atoms with Gasteiger partial charge in [0.25, 0.3) is 0 Å². The van der Waals surface area contributed by atoms with Crippen LogP contribution in [0.25, 0.3) is 10.2 Å². The minimum atomic E-state index is -0.352. The summed E-state index contributed by atoms with van der Waals surface area (Å²) < 4.78 is 5.99. The third-order valence-electron chi connectivity index (χ3n) is 2.53. The Bertz CT molecular complexity index is 649. The van der Waals surface area contributed by atoms with E-state index in [1.807, 2.05) is 13.8 Å². The molecule has 0 radical (unpaired) electrons. The van der Waals surface area contributed by atoms with Crippen molar-refractivity contribution in [3.63, 3.8) is 0 Å². The number of hydrogen-bond donors (Lipinski definition) is 1. The number of nitrogens with zero attached hydrogens (tertiary/aromatic N) is 1. The van der Waals surface area contributed by atoms with Gasteiger partial charge < -0.3 is 10.1 Å². The van der Waals surface area contributed by atoms with E-state index in [0.29, 0.717) is 17.1 Å². The first-order valence-electron chi connectivity index (χ1n) is 6.41. The molecule has 0 unspecified atom stereocenters. The molecule has 6 heteroatoms. The highest BCUT2D eigenvalue weighted by Gasteiger charge is 2.12. The summed E-state index contributed by atoms with van der Waals surface area (Å²) in [5, 5.41) is 3.26. The Morgan fingerprint density at radius 1 is 1.40 bits per heavy atom. The van der Waals surface area contributed by atoms with Crippen molar-refractivity contribution in [2.75, 3.05) is 5.32 Å². The van der Waals surface area contributed by atoms with E-state index in [1.54, 1.807) is 25.1 Å². The maximum atomic E-state index is 11.8. The van der Waals surface area contributed by atoms with Crippen molar-refractivity contribution < 1.29 is 14.3 Å². The highest BCUT2D eigenvalue weighted by molar-refractivity contribution is 7.22. The topological polar surface area (TPSA) is 68.3 Å². The summed E-state index contributed by atoms with van der Waals surface area (Å²) in [6.07, 6.45) is 0.251. The van der Waals surface area contributed by atoms with Gasteiger partial charge in [-0.25, -0.2) is 9.78 Å². The number of fused-ring (bicyclic) bond motifs is 1. The highest BCUT2D eigenvalue weighted by atomic mass is 32.1. The number of carbonyl (C=O) groups is 2. The van der Waals surface area contributed by atoms with Gasteiger partial charge in [-0.3, -0.25) is 4.79 Å². The van der Waals surface area contributed by atoms with E-state index in [9.17, 15) is 9.59 Å². The summed E-state index contributed by atoms with van der Waals surface area (Å²) >= 11 is 1.34. The van der Waals surface area contributed by atoms with Crippen LogP contribution in [0.5, 0.6) is 0 Å². The van der Waals surface area contributed by atoms with Crippen LogP contribution >= 0.6 is 11.3 Å². The van der Waals surface area contributed by atoms with Gasteiger partial charge in [0.1, 0.15) is 0 Å². The van der Waals surface area contributed by atoms with E-state index in [4.69, 9.17) is 4.74 Å². The van der Waals surface area contributed by atoms with E-state index in [-0.39, 0.29) is 18.0 Å². The van der Waals surface area contributed by atoms with E-state index in [0.717, 1.165) is 10.2 Å². The fourth-order valence-corrected chi connectivity index (χ4v) is 2.52. The number of benzene rings is 1. The predicted octanol–water partition coefficient (Wildman–Crippen LogP) is 3.21. The number of ether oxygens (including phenoxy) is 1. The summed E-state index contributed by atoms with van der Waals surface area (Å²) in [6.45, 7) is 5.39.